The average Bonchev–Trinajstić information content (AvgIpc) is 2.73. The Morgan fingerprint density at radius 2 is 2.22 bits per heavy atom. The first-order valence-corrected chi connectivity index (χ1v) is 8.42. The van der Waals surface area contributed by atoms with Crippen molar-refractivity contribution in [3.63, 3.8) is 0 Å². The van der Waals surface area contributed by atoms with Gasteiger partial charge < -0.3 is 10.6 Å². The van der Waals surface area contributed by atoms with E-state index in [4.69, 9.17) is 0 Å². The van der Waals surface area contributed by atoms with Crippen LogP contribution >= 0.6 is 33.9 Å². The van der Waals surface area contributed by atoms with Gasteiger partial charge >= 0.3 is 0 Å². The molecule has 18 heavy (non-hydrogen) atoms. The molecular weight excluding hydrogens is 357 g/mol. The van der Waals surface area contributed by atoms with Crippen molar-refractivity contribution in [2.75, 3.05) is 17.6 Å². The number of nitrogens with zero attached hydrogens (tertiary/aromatic N) is 1. The van der Waals surface area contributed by atoms with Gasteiger partial charge in [0.05, 0.1) is 15.2 Å². The summed E-state index contributed by atoms with van der Waals surface area (Å²) in [5.41, 5.74) is 2.43. The molecule has 3 nitrogen and oxygen atoms in total. The summed E-state index contributed by atoms with van der Waals surface area (Å²) in [5, 5.41) is 7.95. The maximum atomic E-state index is 4.54. The van der Waals surface area contributed by atoms with E-state index in [1.54, 1.807) is 11.3 Å². The molecule has 0 saturated carbocycles. The molecule has 5 heteroatoms. The Kier molecular flexibility index (Phi) is 5.35. The predicted molar refractivity (Wildman–Crippen MR) is 87.7 cm³/mol. The number of alkyl halides is 1. The SMILES string of the molecule is Cc1nc2cc(C(C)NCCNCI)ccc2s1. The van der Waals surface area contributed by atoms with Gasteiger partial charge in [-0.15, -0.1) is 11.3 Å². The number of thiazole rings is 1. The van der Waals surface area contributed by atoms with Crippen LogP contribution in [-0.4, -0.2) is 22.6 Å². The van der Waals surface area contributed by atoms with Crippen LogP contribution in [0.1, 0.15) is 23.5 Å². The van der Waals surface area contributed by atoms with Gasteiger partial charge in [-0.3, -0.25) is 0 Å². The molecule has 2 rings (SSSR count). The summed E-state index contributed by atoms with van der Waals surface area (Å²) in [5.74, 6) is 0. The smallest absolute Gasteiger partial charge is 0.0907 e. The lowest BCUT2D eigenvalue weighted by atomic mass is 10.1. The summed E-state index contributed by atoms with van der Waals surface area (Å²) in [6.07, 6.45) is 0. The summed E-state index contributed by atoms with van der Waals surface area (Å²) in [4.78, 5) is 4.54. The Morgan fingerprint density at radius 3 is 3.00 bits per heavy atom. The molecule has 1 atom stereocenters. The fraction of sp³-hybridized carbons (Fsp3) is 0.462. The second-order valence-electron chi connectivity index (χ2n) is 4.27. The number of benzene rings is 1. The van der Waals surface area contributed by atoms with Crippen molar-refractivity contribution in [1.29, 1.82) is 0 Å². The molecule has 1 aromatic heterocycles. The van der Waals surface area contributed by atoms with Gasteiger partial charge in [-0.05, 0) is 31.5 Å². The van der Waals surface area contributed by atoms with E-state index in [0.29, 0.717) is 6.04 Å². The van der Waals surface area contributed by atoms with Crippen LogP contribution in [0, 0.1) is 6.92 Å². The zero-order valence-electron chi connectivity index (χ0n) is 10.7. The highest BCUT2D eigenvalue weighted by Gasteiger charge is 2.07. The fourth-order valence-electron chi connectivity index (χ4n) is 1.89. The third-order valence-electron chi connectivity index (χ3n) is 2.87. The number of fused-ring (bicyclic) bond motifs is 1. The van der Waals surface area contributed by atoms with E-state index >= 15 is 0 Å². The fourth-order valence-corrected chi connectivity index (χ4v) is 3.08. The summed E-state index contributed by atoms with van der Waals surface area (Å²) in [7, 11) is 0. The molecule has 0 saturated heterocycles. The molecule has 2 aromatic rings. The number of rotatable bonds is 6. The van der Waals surface area contributed by atoms with Gasteiger partial charge in [0, 0.05) is 23.7 Å². The van der Waals surface area contributed by atoms with Crippen LogP contribution in [0.4, 0.5) is 0 Å². The molecule has 0 amide bonds. The zero-order chi connectivity index (χ0) is 13.0. The predicted octanol–water partition coefficient (Wildman–Crippen LogP) is 3.24. The molecule has 0 aliphatic heterocycles. The van der Waals surface area contributed by atoms with Crippen LogP contribution in [0.5, 0.6) is 0 Å². The molecule has 1 unspecified atom stereocenters. The van der Waals surface area contributed by atoms with E-state index in [0.717, 1.165) is 28.2 Å². The third kappa shape index (κ3) is 3.63. The Hall–Kier alpha value is -0.240. The summed E-state index contributed by atoms with van der Waals surface area (Å²) < 4.78 is 2.27. The number of nitrogens with one attached hydrogen (secondary N) is 2. The molecule has 0 aliphatic carbocycles. The van der Waals surface area contributed by atoms with E-state index in [9.17, 15) is 0 Å². The lowest BCUT2D eigenvalue weighted by molar-refractivity contribution is 0.562. The Balaban J connectivity index is 2.01. The number of halogens is 1. The van der Waals surface area contributed by atoms with E-state index < -0.39 is 0 Å². The molecule has 0 bridgehead atoms. The molecule has 98 valence electrons. The lowest BCUT2D eigenvalue weighted by Gasteiger charge is -2.14. The highest BCUT2D eigenvalue weighted by Crippen LogP contribution is 2.24. The minimum absolute atomic E-state index is 0.368. The lowest BCUT2D eigenvalue weighted by Crippen LogP contribution is -2.28. The summed E-state index contributed by atoms with van der Waals surface area (Å²) in [6, 6.07) is 6.94. The molecule has 0 fully saturated rings. The number of aromatic nitrogens is 1. The summed E-state index contributed by atoms with van der Waals surface area (Å²) in [6.45, 7) is 6.25. The number of hydrogen-bond acceptors (Lipinski definition) is 4. The maximum Gasteiger partial charge on any atom is 0.0907 e. The monoisotopic (exact) mass is 375 g/mol. The van der Waals surface area contributed by atoms with Gasteiger partial charge in [-0.1, -0.05) is 28.7 Å². The van der Waals surface area contributed by atoms with Crippen LogP contribution < -0.4 is 10.6 Å². The third-order valence-corrected chi connectivity index (χ3v) is 4.36. The second-order valence-corrected chi connectivity index (χ2v) is 6.27. The normalized spacial score (nSPS) is 13.1. The van der Waals surface area contributed by atoms with Gasteiger partial charge in [0.1, 0.15) is 0 Å². The Bertz CT molecular complexity index is 512. The van der Waals surface area contributed by atoms with Crippen molar-refractivity contribution >= 4 is 44.1 Å². The van der Waals surface area contributed by atoms with E-state index in [1.165, 1.54) is 10.3 Å². The van der Waals surface area contributed by atoms with Gasteiger partial charge in [0.25, 0.3) is 0 Å². The molecule has 0 radical (unpaired) electrons. The molecule has 2 N–H and O–H groups in total. The quantitative estimate of drug-likeness (QED) is 0.352. The van der Waals surface area contributed by atoms with E-state index in [1.807, 2.05) is 0 Å². The average molecular weight is 375 g/mol. The van der Waals surface area contributed by atoms with Crippen molar-refractivity contribution < 1.29 is 0 Å². The molecular formula is C13H18IN3S. The van der Waals surface area contributed by atoms with Crippen LogP contribution in [0.15, 0.2) is 18.2 Å². The van der Waals surface area contributed by atoms with Crippen LogP contribution in [0.25, 0.3) is 10.2 Å². The van der Waals surface area contributed by atoms with Gasteiger partial charge in [0.2, 0.25) is 0 Å². The van der Waals surface area contributed by atoms with Gasteiger partial charge in [-0.2, -0.15) is 0 Å². The minimum atomic E-state index is 0.368. The van der Waals surface area contributed by atoms with Crippen molar-refractivity contribution in [2.24, 2.45) is 0 Å². The van der Waals surface area contributed by atoms with Gasteiger partial charge in [0.15, 0.2) is 0 Å². The zero-order valence-corrected chi connectivity index (χ0v) is 13.6. The number of hydrogen-bond donors (Lipinski definition) is 2. The number of aryl methyl sites for hydroxylation is 1. The van der Waals surface area contributed by atoms with Crippen molar-refractivity contribution in [3.8, 4) is 0 Å². The first-order chi connectivity index (χ1) is 8.70. The van der Waals surface area contributed by atoms with Crippen LogP contribution in [0.2, 0.25) is 0 Å². The van der Waals surface area contributed by atoms with Crippen LogP contribution in [-0.2, 0) is 0 Å². The molecule has 0 aliphatic rings. The highest BCUT2D eigenvalue weighted by atomic mass is 127. The van der Waals surface area contributed by atoms with Crippen LogP contribution in [0.3, 0.4) is 0 Å². The second kappa shape index (κ2) is 6.79. The Labute approximate surface area is 126 Å². The van der Waals surface area contributed by atoms with Crippen molar-refractivity contribution in [2.45, 2.75) is 19.9 Å². The maximum absolute atomic E-state index is 4.54. The van der Waals surface area contributed by atoms with Gasteiger partial charge in [-0.25, -0.2) is 4.98 Å². The largest absolute Gasteiger partial charge is 0.309 e. The Morgan fingerprint density at radius 1 is 1.39 bits per heavy atom. The summed E-state index contributed by atoms with van der Waals surface area (Å²) >= 11 is 4.08. The van der Waals surface area contributed by atoms with Crippen molar-refractivity contribution in [3.05, 3.63) is 28.8 Å². The van der Waals surface area contributed by atoms with E-state index in [2.05, 4.69) is 70.3 Å². The molecule has 1 heterocycles. The first kappa shape index (κ1) is 14.2. The minimum Gasteiger partial charge on any atom is -0.309 e. The van der Waals surface area contributed by atoms with Crippen molar-refractivity contribution in [1.82, 2.24) is 15.6 Å². The standard InChI is InChI=1S/C13H18IN3S/c1-9(16-6-5-15-8-14)11-3-4-13-12(7-11)17-10(2)18-13/h3-4,7,9,15-16H,5-6,8H2,1-2H3. The topological polar surface area (TPSA) is 37.0 Å². The highest BCUT2D eigenvalue weighted by molar-refractivity contribution is 14.1. The first-order valence-electron chi connectivity index (χ1n) is 6.08. The molecule has 1 aromatic carbocycles. The van der Waals surface area contributed by atoms with E-state index in [-0.39, 0.29) is 0 Å². The molecule has 0 spiro atoms.